The maximum Gasteiger partial charge on any atom is 0.261 e. The average molecular weight is 305 g/mol. The number of hydrogen-bond acceptors (Lipinski definition) is 4. The number of pyridine rings is 1. The summed E-state index contributed by atoms with van der Waals surface area (Å²) in [5, 5.41) is 0. The van der Waals surface area contributed by atoms with E-state index in [1.807, 2.05) is 19.9 Å². The number of aromatic nitrogens is 1. The fourth-order valence-corrected chi connectivity index (χ4v) is 3.14. The average Bonchev–Trinajstić information content (AvgIpc) is 2.48. The molecule has 0 aliphatic heterocycles. The maximum absolute atomic E-state index is 12.4. The van der Waals surface area contributed by atoms with Crippen molar-refractivity contribution in [3.63, 3.8) is 0 Å². The minimum absolute atomic E-state index is 0.209. The van der Waals surface area contributed by atoms with E-state index in [2.05, 4.69) is 9.71 Å². The van der Waals surface area contributed by atoms with Gasteiger partial charge in [0.2, 0.25) is 0 Å². The van der Waals surface area contributed by atoms with Crippen molar-refractivity contribution in [3.05, 3.63) is 53.3 Å². The van der Waals surface area contributed by atoms with E-state index in [0.29, 0.717) is 12.2 Å². The van der Waals surface area contributed by atoms with E-state index < -0.39 is 10.0 Å². The van der Waals surface area contributed by atoms with E-state index >= 15 is 0 Å². The molecule has 0 saturated heterocycles. The molecule has 3 N–H and O–H groups in total. The summed E-state index contributed by atoms with van der Waals surface area (Å²) < 4.78 is 27.3. The predicted molar refractivity (Wildman–Crippen MR) is 83.5 cm³/mol. The van der Waals surface area contributed by atoms with Crippen molar-refractivity contribution < 1.29 is 8.42 Å². The van der Waals surface area contributed by atoms with Crippen LogP contribution in [0.2, 0.25) is 0 Å². The number of hydrogen-bond donors (Lipinski definition) is 2. The Hall–Kier alpha value is -1.92. The third-order valence-corrected chi connectivity index (χ3v) is 4.63. The molecule has 0 radical (unpaired) electrons. The Labute approximate surface area is 125 Å². The molecule has 1 aromatic heterocycles. The summed E-state index contributed by atoms with van der Waals surface area (Å²) in [5.41, 5.74) is 8.86. The predicted octanol–water partition coefficient (Wildman–Crippen LogP) is 2.21. The first-order valence-corrected chi connectivity index (χ1v) is 8.22. The number of aryl methyl sites for hydroxylation is 2. The molecule has 2 aromatic rings. The fourth-order valence-electron chi connectivity index (χ4n) is 2.05. The fraction of sp³-hybridized carbons (Fsp3) is 0.267. The quantitative estimate of drug-likeness (QED) is 0.887. The second-order valence-electron chi connectivity index (χ2n) is 4.78. The molecule has 0 atom stereocenters. The molecule has 6 heteroatoms. The van der Waals surface area contributed by atoms with E-state index in [-0.39, 0.29) is 4.90 Å². The van der Waals surface area contributed by atoms with Gasteiger partial charge >= 0.3 is 0 Å². The summed E-state index contributed by atoms with van der Waals surface area (Å²) in [6.07, 6.45) is 2.32. The highest BCUT2D eigenvalue weighted by atomic mass is 32.2. The van der Waals surface area contributed by atoms with Crippen LogP contribution in [0.15, 0.2) is 41.4 Å². The molecule has 112 valence electrons. The third-order valence-electron chi connectivity index (χ3n) is 3.25. The van der Waals surface area contributed by atoms with Crippen LogP contribution in [0.4, 0.5) is 5.69 Å². The Morgan fingerprint density at radius 3 is 2.52 bits per heavy atom. The van der Waals surface area contributed by atoms with E-state index in [9.17, 15) is 8.42 Å². The van der Waals surface area contributed by atoms with Crippen LogP contribution in [0, 0.1) is 6.92 Å². The molecule has 0 fully saturated rings. The van der Waals surface area contributed by atoms with E-state index in [4.69, 9.17) is 5.73 Å². The van der Waals surface area contributed by atoms with E-state index in [1.165, 1.54) is 6.20 Å². The zero-order valence-electron chi connectivity index (χ0n) is 12.1. The normalized spacial score (nSPS) is 11.4. The Morgan fingerprint density at radius 1 is 1.19 bits per heavy atom. The molecule has 21 heavy (non-hydrogen) atoms. The van der Waals surface area contributed by atoms with Crippen LogP contribution in [0.5, 0.6) is 0 Å². The van der Waals surface area contributed by atoms with Gasteiger partial charge in [0, 0.05) is 12.2 Å². The zero-order valence-corrected chi connectivity index (χ0v) is 12.9. The van der Waals surface area contributed by atoms with Crippen molar-refractivity contribution in [2.24, 2.45) is 5.73 Å². The largest absolute Gasteiger partial charge is 0.326 e. The SMILES string of the molecule is CCc1ccc(S(=O)(=O)Nc2ccc(C)nc2)cc1CN. The monoisotopic (exact) mass is 305 g/mol. The van der Waals surface area contributed by atoms with Gasteiger partial charge in [-0.05, 0) is 48.7 Å². The van der Waals surface area contributed by atoms with Gasteiger partial charge in [-0.25, -0.2) is 8.42 Å². The minimum atomic E-state index is -3.63. The van der Waals surface area contributed by atoms with Crippen LogP contribution < -0.4 is 10.5 Å². The van der Waals surface area contributed by atoms with Crippen LogP contribution >= 0.6 is 0 Å². The van der Waals surface area contributed by atoms with E-state index in [0.717, 1.165) is 23.2 Å². The van der Waals surface area contributed by atoms with Crippen molar-refractivity contribution in [3.8, 4) is 0 Å². The molecular weight excluding hydrogens is 286 g/mol. The number of nitrogens with zero attached hydrogens (tertiary/aromatic N) is 1. The minimum Gasteiger partial charge on any atom is -0.326 e. The molecule has 1 heterocycles. The number of sulfonamides is 1. The molecule has 1 aromatic carbocycles. The van der Waals surface area contributed by atoms with Crippen molar-refractivity contribution in [1.82, 2.24) is 4.98 Å². The van der Waals surface area contributed by atoms with Gasteiger partial charge in [0.1, 0.15) is 0 Å². The molecule has 0 bridgehead atoms. The Morgan fingerprint density at radius 2 is 1.95 bits per heavy atom. The lowest BCUT2D eigenvalue weighted by Gasteiger charge is -2.11. The lowest BCUT2D eigenvalue weighted by Crippen LogP contribution is -2.14. The lowest BCUT2D eigenvalue weighted by molar-refractivity contribution is 0.601. The summed E-state index contributed by atoms with van der Waals surface area (Å²) in [7, 11) is -3.63. The van der Waals surface area contributed by atoms with Gasteiger partial charge in [-0.2, -0.15) is 0 Å². The topological polar surface area (TPSA) is 85.1 Å². The number of anilines is 1. The van der Waals surface area contributed by atoms with Gasteiger partial charge in [0.25, 0.3) is 10.0 Å². The zero-order chi connectivity index (χ0) is 15.5. The second kappa shape index (κ2) is 6.24. The highest BCUT2D eigenvalue weighted by molar-refractivity contribution is 7.92. The number of benzene rings is 1. The van der Waals surface area contributed by atoms with Gasteiger partial charge in [-0.3, -0.25) is 9.71 Å². The highest BCUT2D eigenvalue weighted by Gasteiger charge is 2.15. The van der Waals surface area contributed by atoms with Crippen molar-refractivity contribution in [1.29, 1.82) is 0 Å². The second-order valence-corrected chi connectivity index (χ2v) is 6.46. The van der Waals surface area contributed by atoms with Crippen molar-refractivity contribution in [2.75, 3.05) is 4.72 Å². The molecule has 0 spiro atoms. The van der Waals surface area contributed by atoms with Crippen LogP contribution in [-0.4, -0.2) is 13.4 Å². The Kier molecular flexibility index (Phi) is 4.59. The van der Waals surface area contributed by atoms with Gasteiger partial charge < -0.3 is 5.73 Å². The summed E-state index contributed by atoms with van der Waals surface area (Å²) in [5.74, 6) is 0. The number of nitrogens with one attached hydrogen (secondary N) is 1. The first-order chi connectivity index (χ1) is 9.96. The highest BCUT2D eigenvalue weighted by Crippen LogP contribution is 2.19. The maximum atomic E-state index is 12.4. The molecule has 0 amide bonds. The molecule has 0 saturated carbocycles. The van der Waals surface area contributed by atoms with Crippen molar-refractivity contribution in [2.45, 2.75) is 31.7 Å². The summed E-state index contributed by atoms with van der Waals surface area (Å²) >= 11 is 0. The molecule has 0 aliphatic rings. The van der Waals surface area contributed by atoms with Gasteiger partial charge in [-0.15, -0.1) is 0 Å². The van der Waals surface area contributed by atoms with Crippen LogP contribution in [0.25, 0.3) is 0 Å². The summed E-state index contributed by atoms with van der Waals surface area (Å²) in [4.78, 5) is 4.28. The van der Waals surface area contributed by atoms with Gasteiger partial charge in [0.05, 0.1) is 16.8 Å². The Balaban J connectivity index is 2.33. The first kappa shape index (κ1) is 15.5. The standard InChI is InChI=1S/C15H19N3O2S/c1-3-12-5-7-15(8-13(12)9-16)21(19,20)18-14-6-4-11(2)17-10-14/h4-8,10,18H,3,9,16H2,1-2H3. The molecule has 2 rings (SSSR count). The summed E-state index contributed by atoms with van der Waals surface area (Å²) in [6, 6.07) is 8.47. The number of rotatable bonds is 5. The lowest BCUT2D eigenvalue weighted by atomic mass is 10.1. The van der Waals surface area contributed by atoms with Gasteiger partial charge in [0.15, 0.2) is 0 Å². The first-order valence-electron chi connectivity index (χ1n) is 6.73. The molecule has 0 unspecified atom stereocenters. The molecule has 5 nitrogen and oxygen atoms in total. The van der Waals surface area contributed by atoms with Crippen molar-refractivity contribution >= 4 is 15.7 Å². The summed E-state index contributed by atoms with van der Waals surface area (Å²) in [6.45, 7) is 4.17. The van der Waals surface area contributed by atoms with Crippen LogP contribution in [-0.2, 0) is 23.0 Å². The smallest absolute Gasteiger partial charge is 0.261 e. The van der Waals surface area contributed by atoms with E-state index in [1.54, 1.807) is 24.3 Å². The molecule has 0 aliphatic carbocycles. The van der Waals surface area contributed by atoms with Crippen LogP contribution in [0.1, 0.15) is 23.7 Å². The number of nitrogens with two attached hydrogens (primary N) is 1. The van der Waals surface area contributed by atoms with Crippen LogP contribution in [0.3, 0.4) is 0 Å². The third kappa shape index (κ3) is 3.59. The molecular formula is C15H19N3O2S. The Bertz CT molecular complexity index is 725. The van der Waals surface area contributed by atoms with Gasteiger partial charge in [-0.1, -0.05) is 13.0 Å².